The second-order valence-electron chi connectivity index (χ2n) is 2.67. The lowest BCUT2D eigenvalue weighted by Gasteiger charge is -2.11. The lowest BCUT2D eigenvalue weighted by Crippen LogP contribution is -2.23. The van der Waals surface area contributed by atoms with Gasteiger partial charge in [0.25, 0.3) is 0 Å². The predicted molar refractivity (Wildman–Crippen MR) is 51.8 cm³/mol. The van der Waals surface area contributed by atoms with E-state index in [0.717, 1.165) is 0 Å². The standard InChI is InChI=1S/C9H8BrFO3/c1-5(9(12)13)14-8-3-2-6(11)4-7(8)10/h2-5H,1H3,(H,12,13)/t5-/m1/s1. The number of hydrogen-bond acceptors (Lipinski definition) is 2. The van der Waals surface area contributed by atoms with Gasteiger partial charge in [-0.15, -0.1) is 0 Å². The number of aliphatic carboxylic acids is 1. The van der Waals surface area contributed by atoms with E-state index in [2.05, 4.69) is 15.9 Å². The maximum absolute atomic E-state index is 12.6. The zero-order valence-corrected chi connectivity index (χ0v) is 8.92. The average molecular weight is 263 g/mol. The van der Waals surface area contributed by atoms with E-state index in [0.29, 0.717) is 10.2 Å². The molecule has 76 valence electrons. The summed E-state index contributed by atoms with van der Waals surface area (Å²) in [6.45, 7) is 1.40. The summed E-state index contributed by atoms with van der Waals surface area (Å²) >= 11 is 3.07. The third-order valence-electron chi connectivity index (χ3n) is 1.55. The van der Waals surface area contributed by atoms with Crippen LogP contribution >= 0.6 is 15.9 Å². The molecular weight excluding hydrogens is 255 g/mol. The van der Waals surface area contributed by atoms with Gasteiger partial charge in [-0.25, -0.2) is 9.18 Å². The normalized spacial score (nSPS) is 12.2. The highest BCUT2D eigenvalue weighted by molar-refractivity contribution is 9.10. The quantitative estimate of drug-likeness (QED) is 0.910. The van der Waals surface area contributed by atoms with Crippen LogP contribution in [-0.2, 0) is 4.79 Å². The zero-order valence-electron chi connectivity index (χ0n) is 7.33. The van der Waals surface area contributed by atoms with E-state index in [-0.39, 0.29) is 0 Å². The molecule has 0 aliphatic rings. The molecule has 1 atom stereocenters. The summed E-state index contributed by atoms with van der Waals surface area (Å²) < 4.78 is 18.1. The van der Waals surface area contributed by atoms with Crippen LogP contribution in [0.2, 0.25) is 0 Å². The van der Waals surface area contributed by atoms with Crippen LogP contribution in [0.4, 0.5) is 4.39 Å². The van der Waals surface area contributed by atoms with Gasteiger partial charge in [-0.3, -0.25) is 0 Å². The molecule has 1 rings (SSSR count). The fraction of sp³-hybridized carbons (Fsp3) is 0.222. The molecule has 0 fully saturated rings. The summed E-state index contributed by atoms with van der Waals surface area (Å²) in [7, 11) is 0. The molecule has 0 heterocycles. The number of rotatable bonds is 3. The van der Waals surface area contributed by atoms with Crippen LogP contribution in [0.5, 0.6) is 5.75 Å². The minimum atomic E-state index is -1.07. The van der Waals surface area contributed by atoms with Crippen molar-refractivity contribution in [2.45, 2.75) is 13.0 Å². The molecular formula is C9H8BrFO3. The minimum Gasteiger partial charge on any atom is -0.479 e. The molecule has 5 heteroatoms. The molecule has 0 radical (unpaired) electrons. The molecule has 0 saturated heterocycles. The number of carbonyl (C=O) groups is 1. The highest BCUT2D eigenvalue weighted by atomic mass is 79.9. The van der Waals surface area contributed by atoms with Crippen LogP contribution in [0.3, 0.4) is 0 Å². The Labute approximate surface area is 88.6 Å². The van der Waals surface area contributed by atoms with Crippen molar-refractivity contribution in [3.05, 3.63) is 28.5 Å². The lowest BCUT2D eigenvalue weighted by atomic mass is 10.3. The predicted octanol–water partition coefficient (Wildman–Crippen LogP) is 2.44. The number of benzene rings is 1. The summed E-state index contributed by atoms with van der Waals surface area (Å²) in [4.78, 5) is 10.5. The molecule has 1 N–H and O–H groups in total. The second-order valence-corrected chi connectivity index (χ2v) is 3.53. The Balaban J connectivity index is 2.82. The molecule has 14 heavy (non-hydrogen) atoms. The highest BCUT2D eigenvalue weighted by Gasteiger charge is 2.14. The molecule has 0 saturated carbocycles. The Bertz CT molecular complexity index is 354. The summed E-state index contributed by atoms with van der Waals surface area (Å²) in [5.41, 5.74) is 0. The van der Waals surface area contributed by atoms with E-state index in [1.165, 1.54) is 25.1 Å². The number of carboxylic acid groups (broad SMARTS) is 1. The average Bonchev–Trinajstić information content (AvgIpc) is 2.09. The van der Waals surface area contributed by atoms with Gasteiger partial charge >= 0.3 is 5.97 Å². The molecule has 3 nitrogen and oxygen atoms in total. The van der Waals surface area contributed by atoms with E-state index in [1.807, 2.05) is 0 Å². The Hall–Kier alpha value is -1.10. The van der Waals surface area contributed by atoms with Crippen molar-refractivity contribution in [1.29, 1.82) is 0 Å². The van der Waals surface area contributed by atoms with Gasteiger partial charge in [-0.2, -0.15) is 0 Å². The molecule has 0 aromatic heterocycles. The van der Waals surface area contributed by atoms with Crippen LogP contribution in [0.1, 0.15) is 6.92 Å². The number of halogens is 2. The first-order valence-electron chi connectivity index (χ1n) is 3.85. The van der Waals surface area contributed by atoms with E-state index >= 15 is 0 Å². The topological polar surface area (TPSA) is 46.5 Å². The zero-order chi connectivity index (χ0) is 10.7. The van der Waals surface area contributed by atoms with Gasteiger partial charge in [-0.1, -0.05) is 0 Å². The first kappa shape index (κ1) is 11.0. The van der Waals surface area contributed by atoms with Gasteiger partial charge in [0.15, 0.2) is 6.10 Å². The maximum atomic E-state index is 12.6. The number of hydrogen-bond donors (Lipinski definition) is 1. The molecule has 1 aromatic carbocycles. The van der Waals surface area contributed by atoms with E-state index in [9.17, 15) is 9.18 Å². The minimum absolute atomic E-state index is 0.307. The van der Waals surface area contributed by atoms with Gasteiger partial charge in [0, 0.05) is 0 Å². The Morgan fingerprint density at radius 2 is 2.29 bits per heavy atom. The van der Waals surface area contributed by atoms with Crippen molar-refractivity contribution in [3.63, 3.8) is 0 Å². The molecule has 0 aliphatic carbocycles. The highest BCUT2D eigenvalue weighted by Crippen LogP contribution is 2.26. The molecule has 0 amide bonds. The van der Waals surface area contributed by atoms with Gasteiger partial charge in [0.2, 0.25) is 0 Å². The maximum Gasteiger partial charge on any atom is 0.344 e. The number of carboxylic acids is 1. The Morgan fingerprint density at radius 1 is 1.64 bits per heavy atom. The molecule has 0 aliphatic heterocycles. The molecule has 0 spiro atoms. The van der Waals surface area contributed by atoms with Gasteiger partial charge in [0.05, 0.1) is 4.47 Å². The lowest BCUT2D eigenvalue weighted by molar-refractivity contribution is -0.144. The van der Waals surface area contributed by atoms with Crippen molar-refractivity contribution < 1.29 is 19.0 Å². The molecule has 0 unspecified atom stereocenters. The van der Waals surface area contributed by atoms with Crippen molar-refractivity contribution >= 4 is 21.9 Å². The first-order chi connectivity index (χ1) is 6.50. The van der Waals surface area contributed by atoms with Crippen LogP contribution in [0, 0.1) is 5.82 Å². The van der Waals surface area contributed by atoms with E-state index in [1.54, 1.807) is 0 Å². The Morgan fingerprint density at radius 3 is 2.79 bits per heavy atom. The van der Waals surface area contributed by atoms with Crippen LogP contribution < -0.4 is 4.74 Å². The van der Waals surface area contributed by atoms with Crippen molar-refractivity contribution in [3.8, 4) is 5.75 Å². The fourth-order valence-electron chi connectivity index (χ4n) is 0.812. The summed E-state index contributed by atoms with van der Waals surface area (Å²) in [6.07, 6.45) is -0.961. The molecule has 0 bridgehead atoms. The fourth-order valence-corrected chi connectivity index (χ4v) is 1.26. The first-order valence-corrected chi connectivity index (χ1v) is 4.64. The largest absolute Gasteiger partial charge is 0.479 e. The molecule has 1 aromatic rings. The van der Waals surface area contributed by atoms with Crippen LogP contribution in [-0.4, -0.2) is 17.2 Å². The second kappa shape index (κ2) is 4.41. The number of ether oxygens (including phenoxy) is 1. The third-order valence-corrected chi connectivity index (χ3v) is 2.17. The Kier molecular flexibility index (Phi) is 3.46. The SMILES string of the molecule is C[C@@H](Oc1ccc(F)cc1Br)C(=O)O. The summed E-state index contributed by atoms with van der Waals surface area (Å²) in [6, 6.07) is 3.79. The van der Waals surface area contributed by atoms with Crippen LogP contribution in [0.25, 0.3) is 0 Å². The van der Waals surface area contributed by atoms with Crippen molar-refractivity contribution in [2.24, 2.45) is 0 Å². The third kappa shape index (κ3) is 2.70. The van der Waals surface area contributed by atoms with Gasteiger partial charge in [0.1, 0.15) is 11.6 Å². The smallest absolute Gasteiger partial charge is 0.344 e. The van der Waals surface area contributed by atoms with Crippen molar-refractivity contribution in [1.82, 2.24) is 0 Å². The van der Waals surface area contributed by atoms with Crippen LogP contribution in [0.15, 0.2) is 22.7 Å². The van der Waals surface area contributed by atoms with E-state index < -0.39 is 17.9 Å². The summed E-state index contributed by atoms with van der Waals surface area (Å²) in [5.74, 6) is -1.17. The monoisotopic (exact) mass is 262 g/mol. The van der Waals surface area contributed by atoms with Gasteiger partial charge < -0.3 is 9.84 Å². The van der Waals surface area contributed by atoms with E-state index in [4.69, 9.17) is 9.84 Å². The summed E-state index contributed by atoms with van der Waals surface area (Å²) in [5, 5.41) is 8.57. The van der Waals surface area contributed by atoms with Gasteiger partial charge in [-0.05, 0) is 41.1 Å². The van der Waals surface area contributed by atoms with Crippen molar-refractivity contribution in [2.75, 3.05) is 0 Å².